The first kappa shape index (κ1) is 15.8. The summed E-state index contributed by atoms with van der Waals surface area (Å²) >= 11 is 0. The summed E-state index contributed by atoms with van der Waals surface area (Å²) in [6, 6.07) is 9.60. The van der Waals surface area contributed by atoms with Crippen LogP contribution in [0.4, 0.5) is 5.69 Å². The quantitative estimate of drug-likeness (QED) is 0.843. The van der Waals surface area contributed by atoms with Crippen LogP contribution < -0.4 is 5.32 Å². The van der Waals surface area contributed by atoms with Gasteiger partial charge in [-0.3, -0.25) is 4.79 Å². The molecule has 4 heteroatoms. The average molecular weight is 258 g/mol. The number of hydrogen-bond donors (Lipinski definition) is 1. The Kier molecular flexibility index (Phi) is 6.66. The molecule has 0 aromatic heterocycles. The second-order valence-electron chi connectivity index (χ2n) is 4.94. The van der Waals surface area contributed by atoms with E-state index in [0.717, 1.165) is 5.69 Å². The van der Waals surface area contributed by atoms with Gasteiger partial charge in [-0.2, -0.15) is 0 Å². The van der Waals surface area contributed by atoms with Crippen molar-refractivity contribution in [3.63, 3.8) is 0 Å². The van der Waals surface area contributed by atoms with Gasteiger partial charge >= 0.3 is 5.97 Å². The van der Waals surface area contributed by atoms with Gasteiger partial charge in [-0.05, 0) is 17.5 Å². The predicted molar refractivity (Wildman–Crippen MR) is 72.6 cm³/mol. The highest BCUT2D eigenvalue weighted by Crippen LogP contribution is 2.12. The van der Waals surface area contributed by atoms with Gasteiger partial charge in [0.2, 0.25) is 0 Å². The molecule has 3 nitrogen and oxygen atoms in total. The summed E-state index contributed by atoms with van der Waals surface area (Å²) in [6.45, 7) is 6.75. The minimum atomic E-state index is -0.223. The molecule has 1 aromatic carbocycles. The largest absolute Gasteiger partial charge is 0.464 e. The lowest BCUT2D eigenvalue weighted by molar-refractivity contribution is -0.144. The third kappa shape index (κ3) is 7.64. The van der Waals surface area contributed by atoms with Gasteiger partial charge < -0.3 is 10.1 Å². The summed E-state index contributed by atoms with van der Waals surface area (Å²) < 4.78 is 5.13. The van der Waals surface area contributed by atoms with Gasteiger partial charge in [0.1, 0.15) is 6.54 Å². The summed E-state index contributed by atoms with van der Waals surface area (Å²) in [5.41, 5.74) is 0.942. The maximum Gasteiger partial charge on any atom is 0.325 e. The Hall–Kier alpha value is -1.22. The van der Waals surface area contributed by atoms with E-state index in [1.807, 2.05) is 51.1 Å². The van der Waals surface area contributed by atoms with Crippen molar-refractivity contribution < 1.29 is 9.53 Å². The minimum absolute atomic E-state index is 0. The molecule has 1 N–H and O–H groups in total. The number of hydrogen-bond acceptors (Lipinski definition) is 3. The molecule has 0 saturated carbocycles. The maximum atomic E-state index is 11.4. The van der Waals surface area contributed by atoms with Crippen LogP contribution in [0.3, 0.4) is 0 Å². The third-order valence-corrected chi connectivity index (χ3v) is 1.88. The number of carbonyl (C=O) groups excluding carboxylic acids is 1. The molecule has 96 valence electrons. The van der Waals surface area contributed by atoms with E-state index >= 15 is 0 Å². The molecular weight excluding hydrogens is 238 g/mol. The summed E-state index contributed by atoms with van der Waals surface area (Å²) in [5.74, 6) is -0.223. The van der Waals surface area contributed by atoms with Crippen LogP contribution in [0.5, 0.6) is 0 Å². The van der Waals surface area contributed by atoms with E-state index < -0.39 is 0 Å². The van der Waals surface area contributed by atoms with Gasteiger partial charge in [0.15, 0.2) is 0 Å². The van der Waals surface area contributed by atoms with E-state index in [1.165, 1.54) is 0 Å². The summed E-state index contributed by atoms with van der Waals surface area (Å²) in [4.78, 5) is 11.4. The van der Waals surface area contributed by atoms with Crippen LogP contribution in [-0.2, 0) is 9.53 Å². The van der Waals surface area contributed by atoms with Crippen molar-refractivity contribution in [2.45, 2.75) is 20.8 Å². The molecule has 17 heavy (non-hydrogen) atoms. The van der Waals surface area contributed by atoms with E-state index in [4.69, 9.17) is 4.74 Å². The molecule has 1 rings (SSSR count). The van der Waals surface area contributed by atoms with Crippen molar-refractivity contribution in [3.8, 4) is 0 Å². The molecule has 0 fully saturated rings. The second-order valence-corrected chi connectivity index (χ2v) is 4.94. The molecule has 0 aliphatic carbocycles. The number of ether oxygens (including phenoxy) is 1. The SMILES string of the molecule is CC(C)(C)COC(=O)CNc1ccccc1.Cl. The van der Waals surface area contributed by atoms with Gasteiger partial charge in [0.05, 0.1) is 6.61 Å². The zero-order chi connectivity index (χ0) is 12.0. The van der Waals surface area contributed by atoms with Crippen molar-refractivity contribution in [3.05, 3.63) is 30.3 Å². The summed E-state index contributed by atoms with van der Waals surface area (Å²) in [5, 5.41) is 3.01. The fraction of sp³-hybridized carbons (Fsp3) is 0.462. The highest BCUT2D eigenvalue weighted by atomic mass is 35.5. The van der Waals surface area contributed by atoms with E-state index in [-0.39, 0.29) is 30.3 Å². The zero-order valence-electron chi connectivity index (χ0n) is 10.5. The average Bonchev–Trinajstić information content (AvgIpc) is 2.24. The zero-order valence-corrected chi connectivity index (χ0v) is 11.3. The van der Waals surface area contributed by atoms with Crippen molar-refractivity contribution in [2.75, 3.05) is 18.5 Å². The normalized spacial score (nSPS) is 10.3. The molecule has 0 aliphatic heterocycles. The van der Waals surface area contributed by atoms with Gasteiger partial charge in [0.25, 0.3) is 0 Å². The van der Waals surface area contributed by atoms with Gasteiger partial charge in [-0.15, -0.1) is 12.4 Å². The third-order valence-electron chi connectivity index (χ3n) is 1.88. The smallest absolute Gasteiger partial charge is 0.325 e. The van der Waals surface area contributed by atoms with Gasteiger partial charge in [0, 0.05) is 5.69 Å². The highest BCUT2D eigenvalue weighted by Gasteiger charge is 2.13. The number of esters is 1. The fourth-order valence-electron chi connectivity index (χ4n) is 1.08. The molecule has 0 radical (unpaired) electrons. The van der Waals surface area contributed by atoms with Crippen LogP contribution in [-0.4, -0.2) is 19.1 Å². The molecule has 0 bridgehead atoms. The van der Waals surface area contributed by atoms with Crippen molar-refractivity contribution in [1.29, 1.82) is 0 Å². The van der Waals surface area contributed by atoms with Crippen LogP contribution in [0, 0.1) is 5.41 Å². The predicted octanol–water partition coefficient (Wildman–Crippen LogP) is 3.11. The number of anilines is 1. The number of rotatable bonds is 4. The standard InChI is InChI=1S/C13H19NO2.ClH/c1-13(2,3)10-16-12(15)9-14-11-7-5-4-6-8-11;/h4-8,14H,9-10H2,1-3H3;1H. The first-order valence-electron chi connectivity index (χ1n) is 5.42. The Morgan fingerprint density at radius 1 is 1.24 bits per heavy atom. The molecule has 0 saturated heterocycles. The molecule has 1 aromatic rings. The number of nitrogens with one attached hydrogen (secondary N) is 1. The Bertz CT molecular complexity index is 333. The molecule has 0 atom stereocenters. The van der Waals surface area contributed by atoms with Gasteiger partial charge in [-0.1, -0.05) is 39.0 Å². The summed E-state index contributed by atoms with van der Waals surface area (Å²) in [6.07, 6.45) is 0. The van der Waals surface area contributed by atoms with Crippen LogP contribution in [0.15, 0.2) is 30.3 Å². The van der Waals surface area contributed by atoms with E-state index in [0.29, 0.717) is 6.61 Å². The topological polar surface area (TPSA) is 38.3 Å². The van der Waals surface area contributed by atoms with Crippen LogP contribution in [0.1, 0.15) is 20.8 Å². The van der Waals surface area contributed by atoms with E-state index in [9.17, 15) is 4.79 Å². The first-order valence-corrected chi connectivity index (χ1v) is 5.42. The monoisotopic (exact) mass is 257 g/mol. The molecule has 0 unspecified atom stereocenters. The molecule has 0 spiro atoms. The number of halogens is 1. The first-order chi connectivity index (χ1) is 7.47. The Morgan fingerprint density at radius 2 is 1.82 bits per heavy atom. The lowest BCUT2D eigenvalue weighted by Crippen LogP contribution is -2.23. The second kappa shape index (κ2) is 7.17. The highest BCUT2D eigenvalue weighted by molar-refractivity contribution is 5.85. The lowest BCUT2D eigenvalue weighted by atomic mass is 9.99. The number of carbonyl (C=O) groups is 1. The number of benzene rings is 1. The summed E-state index contributed by atoms with van der Waals surface area (Å²) in [7, 11) is 0. The van der Waals surface area contributed by atoms with Crippen molar-refractivity contribution >= 4 is 24.1 Å². The van der Waals surface area contributed by atoms with Crippen LogP contribution in [0.2, 0.25) is 0 Å². The van der Waals surface area contributed by atoms with Crippen molar-refractivity contribution in [1.82, 2.24) is 0 Å². The lowest BCUT2D eigenvalue weighted by Gasteiger charge is -2.17. The van der Waals surface area contributed by atoms with E-state index in [1.54, 1.807) is 0 Å². The maximum absolute atomic E-state index is 11.4. The molecule has 0 amide bonds. The fourth-order valence-corrected chi connectivity index (χ4v) is 1.08. The Labute approximate surface area is 109 Å². The Balaban J connectivity index is 0.00000256. The minimum Gasteiger partial charge on any atom is -0.464 e. The van der Waals surface area contributed by atoms with Crippen LogP contribution >= 0.6 is 12.4 Å². The van der Waals surface area contributed by atoms with E-state index in [2.05, 4.69) is 5.32 Å². The molecule has 0 aliphatic rings. The van der Waals surface area contributed by atoms with Gasteiger partial charge in [-0.25, -0.2) is 0 Å². The Morgan fingerprint density at radius 3 is 2.35 bits per heavy atom. The molecule has 0 heterocycles. The number of para-hydroxylation sites is 1. The molecular formula is C13H20ClNO2. The van der Waals surface area contributed by atoms with Crippen LogP contribution in [0.25, 0.3) is 0 Å². The van der Waals surface area contributed by atoms with Crippen molar-refractivity contribution in [2.24, 2.45) is 5.41 Å².